The average Bonchev–Trinajstić information content (AvgIpc) is 3.22. The molecule has 0 fully saturated rings. The molecule has 0 bridgehead atoms. The first-order chi connectivity index (χ1) is 12.4. The SMILES string of the molecule is CNC(=O)c1nc2ccc(C(F)(F)F)nc2n1-c1ccc2[nH]ncc2c1. The Balaban J connectivity index is 2.04. The lowest BCUT2D eigenvalue weighted by molar-refractivity contribution is -0.141. The van der Waals surface area contributed by atoms with Crippen LogP contribution >= 0.6 is 0 Å². The molecule has 4 aromatic rings. The summed E-state index contributed by atoms with van der Waals surface area (Å²) in [5.41, 5.74) is 0.277. The molecule has 0 aliphatic rings. The third-order valence-corrected chi connectivity index (χ3v) is 3.91. The number of aromatic nitrogens is 5. The van der Waals surface area contributed by atoms with Gasteiger partial charge in [0, 0.05) is 12.4 Å². The van der Waals surface area contributed by atoms with Crippen molar-refractivity contribution in [2.24, 2.45) is 0 Å². The van der Waals surface area contributed by atoms with Gasteiger partial charge in [-0.05, 0) is 30.3 Å². The molecule has 2 N–H and O–H groups in total. The molecule has 10 heteroatoms. The standard InChI is InChI=1S/C16H11F3N6O/c1-20-15(26)14-22-11-4-5-12(16(17,18)19)23-13(11)25(14)9-2-3-10-8(6-9)7-21-24-10/h2-7H,1H3,(H,20,26)(H,21,24). The number of pyridine rings is 1. The quantitative estimate of drug-likeness (QED) is 0.575. The van der Waals surface area contributed by atoms with Crippen LogP contribution < -0.4 is 5.32 Å². The number of nitrogens with zero attached hydrogens (tertiary/aromatic N) is 4. The third-order valence-electron chi connectivity index (χ3n) is 3.91. The van der Waals surface area contributed by atoms with Crippen molar-refractivity contribution >= 4 is 28.0 Å². The lowest BCUT2D eigenvalue weighted by Gasteiger charge is -2.09. The van der Waals surface area contributed by atoms with Gasteiger partial charge in [-0.15, -0.1) is 0 Å². The van der Waals surface area contributed by atoms with Crippen molar-refractivity contribution in [1.29, 1.82) is 0 Å². The first-order valence-corrected chi connectivity index (χ1v) is 7.51. The van der Waals surface area contributed by atoms with Gasteiger partial charge in [0.05, 0.1) is 17.4 Å². The molecule has 1 aromatic carbocycles. The van der Waals surface area contributed by atoms with E-state index in [0.29, 0.717) is 5.69 Å². The van der Waals surface area contributed by atoms with Gasteiger partial charge in [0.25, 0.3) is 5.91 Å². The van der Waals surface area contributed by atoms with Gasteiger partial charge in [-0.25, -0.2) is 9.97 Å². The molecule has 0 unspecified atom stereocenters. The van der Waals surface area contributed by atoms with Crippen LogP contribution in [-0.4, -0.2) is 37.7 Å². The lowest BCUT2D eigenvalue weighted by Crippen LogP contribution is -2.22. The summed E-state index contributed by atoms with van der Waals surface area (Å²) in [7, 11) is 1.42. The number of alkyl halides is 3. The summed E-state index contributed by atoms with van der Waals surface area (Å²) >= 11 is 0. The van der Waals surface area contributed by atoms with Gasteiger partial charge >= 0.3 is 6.18 Å². The predicted molar refractivity (Wildman–Crippen MR) is 86.9 cm³/mol. The second-order valence-corrected chi connectivity index (χ2v) is 5.53. The highest BCUT2D eigenvalue weighted by Gasteiger charge is 2.33. The molecular formula is C16H11F3N6O. The first kappa shape index (κ1) is 16.1. The van der Waals surface area contributed by atoms with E-state index in [9.17, 15) is 18.0 Å². The van der Waals surface area contributed by atoms with Crippen molar-refractivity contribution in [2.45, 2.75) is 6.18 Å². The van der Waals surface area contributed by atoms with E-state index in [1.807, 2.05) is 0 Å². The number of fused-ring (bicyclic) bond motifs is 2. The Morgan fingerprint density at radius 2 is 2.00 bits per heavy atom. The zero-order valence-electron chi connectivity index (χ0n) is 13.3. The van der Waals surface area contributed by atoms with Crippen LogP contribution in [0.4, 0.5) is 13.2 Å². The number of carbonyl (C=O) groups is 1. The van der Waals surface area contributed by atoms with Crippen molar-refractivity contribution in [3.63, 3.8) is 0 Å². The lowest BCUT2D eigenvalue weighted by atomic mass is 10.2. The summed E-state index contributed by atoms with van der Waals surface area (Å²) in [6, 6.07) is 7.09. The molecule has 4 rings (SSSR count). The molecule has 26 heavy (non-hydrogen) atoms. The number of H-pyrrole nitrogens is 1. The maximum atomic E-state index is 13.1. The van der Waals surface area contributed by atoms with Crippen molar-refractivity contribution in [2.75, 3.05) is 7.05 Å². The van der Waals surface area contributed by atoms with Crippen molar-refractivity contribution in [3.8, 4) is 5.69 Å². The van der Waals surface area contributed by atoms with Gasteiger partial charge in [0.15, 0.2) is 5.65 Å². The number of carbonyl (C=O) groups excluding carboxylic acids is 1. The minimum atomic E-state index is -4.61. The number of rotatable bonds is 2. The van der Waals surface area contributed by atoms with Crippen LogP contribution in [0.3, 0.4) is 0 Å². The van der Waals surface area contributed by atoms with Crippen LogP contribution in [0, 0.1) is 0 Å². The maximum absolute atomic E-state index is 13.1. The van der Waals surface area contributed by atoms with Crippen LogP contribution in [-0.2, 0) is 6.18 Å². The second-order valence-electron chi connectivity index (χ2n) is 5.53. The fourth-order valence-electron chi connectivity index (χ4n) is 2.69. The molecule has 0 spiro atoms. The molecule has 0 atom stereocenters. The highest BCUT2D eigenvalue weighted by atomic mass is 19.4. The fraction of sp³-hybridized carbons (Fsp3) is 0.125. The second kappa shape index (κ2) is 5.55. The number of hydrogen-bond acceptors (Lipinski definition) is 4. The zero-order valence-corrected chi connectivity index (χ0v) is 13.3. The molecule has 0 saturated carbocycles. The molecule has 0 radical (unpaired) electrons. The average molecular weight is 360 g/mol. The Kier molecular flexibility index (Phi) is 3.43. The number of amides is 1. The fourth-order valence-corrected chi connectivity index (χ4v) is 2.69. The van der Waals surface area contributed by atoms with E-state index in [1.54, 1.807) is 24.4 Å². The number of aromatic amines is 1. The Morgan fingerprint density at radius 3 is 2.73 bits per heavy atom. The molecule has 3 aromatic heterocycles. The minimum absolute atomic E-state index is 0.0544. The Hall–Kier alpha value is -3.43. The third kappa shape index (κ3) is 2.46. The van der Waals surface area contributed by atoms with Crippen LogP contribution in [0.15, 0.2) is 36.5 Å². The number of imidazole rings is 1. The van der Waals surface area contributed by atoms with Crippen molar-refractivity contribution in [1.82, 2.24) is 30.0 Å². The number of nitrogens with one attached hydrogen (secondary N) is 2. The smallest absolute Gasteiger partial charge is 0.352 e. The largest absolute Gasteiger partial charge is 0.433 e. The summed E-state index contributed by atoms with van der Waals surface area (Å²) < 4.78 is 40.5. The topological polar surface area (TPSA) is 88.5 Å². The van der Waals surface area contributed by atoms with Gasteiger partial charge < -0.3 is 5.32 Å². The van der Waals surface area contributed by atoms with Crippen molar-refractivity contribution < 1.29 is 18.0 Å². The normalized spacial score (nSPS) is 12.0. The molecule has 0 aliphatic carbocycles. The zero-order chi connectivity index (χ0) is 18.5. The molecule has 132 valence electrons. The van der Waals surface area contributed by atoms with E-state index in [0.717, 1.165) is 17.0 Å². The highest BCUT2D eigenvalue weighted by molar-refractivity contribution is 5.95. The van der Waals surface area contributed by atoms with Gasteiger partial charge in [-0.1, -0.05) is 0 Å². The summed E-state index contributed by atoms with van der Waals surface area (Å²) in [6.07, 6.45) is -3.03. The van der Waals surface area contributed by atoms with E-state index in [-0.39, 0.29) is 17.0 Å². The highest BCUT2D eigenvalue weighted by Crippen LogP contribution is 2.30. The summed E-state index contributed by atoms with van der Waals surface area (Å²) in [4.78, 5) is 20.1. The van der Waals surface area contributed by atoms with E-state index in [4.69, 9.17) is 0 Å². The monoisotopic (exact) mass is 360 g/mol. The number of hydrogen-bond donors (Lipinski definition) is 2. The predicted octanol–water partition coefficient (Wildman–Crippen LogP) is 2.68. The van der Waals surface area contributed by atoms with Crippen LogP contribution in [0.1, 0.15) is 16.3 Å². The Bertz CT molecular complexity index is 1140. The molecule has 1 amide bonds. The van der Waals surface area contributed by atoms with E-state index < -0.39 is 17.8 Å². The first-order valence-electron chi connectivity index (χ1n) is 7.51. The Labute approximate surface area is 143 Å². The van der Waals surface area contributed by atoms with Crippen molar-refractivity contribution in [3.05, 3.63) is 48.0 Å². The summed E-state index contributed by atoms with van der Waals surface area (Å²) in [6.45, 7) is 0. The summed E-state index contributed by atoms with van der Waals surface area (Å²) in [5.74, 6) is -0.596. The number of benzene rings is 1. The van der Waals surface area contributed by atoms with Crippen LogP contribution in [0.25, 0.3) is 27.8 Å². The van der Waals surface area contributed by atoms with Gasteiger partial charge in [0.2, 0.25) is 5.82 Å². The Morgan fingerprint density at radius 1 is 1.19 bits per heavy atom. The molecular weight excluding hydrogens is 349 g/mol. The van der Waals surface area contributed by atoms with E-state index >= 15 is 0 Å². The van der Waals surface area contributed by atoms with Crippen LogP contribution in [0.5, 0.6) is 0 Å². The molecule has 7 nitrogen and oxygen atoms in total. The van der Waals surface area contributed by atoms with E-state index in [1.165, 1.54) is 17.7 Å². The van der Waals surface area contributed by atoms with Gasteiger partial charge in [0.1, 0.15) is 11.2 Å². The number of halogens is 3. The summed E-state index contributed by atoms with van der Waals surface area (Å²) in [5, 5.41) is 9.87. The minimum Gasteiger partial charge on any atom is -0.352 e. The van der Waals surface area contributed by atoms with Gasteiger partial charge in [-0.3, -0.25) is 14.5 Å². The molecule has 0 aliphatic heterocycles. The van der Waals surface area contributed by atoms with Crippen LogP contribution in [0.2, 0.25) is 0 Å². The molecule has 0 saturated heterocycles. The van der Waals surface area contributed by atoms with Gasteiger partial charge in [-0.2, -0.15) is 18.3 Å². The molecule has 3 heterocycles. The maximum Gasteiger partial charge on any atom is 0.433 e. The van der Waals surface area contributed by atoms with E-state index in [2.05, 4.69) is 25.5 Å².